The molecule has 1 aliphatic heterocycles. The largest absolute Gasteiger partial charge is 0.417 e. The van der Waals surface area contributed by atoms with Crippen LogP contribution in [0.5, 0.6) is 0 Å². The number of aryl methyl sites for hydroxylation is 1. The molecule has 5 rings (SSSR count). The molecule has 0 unspecified atom stereocenters. The minimum absolute atomic E-state index is 0.000301. The Morgan fingerprint density at radius 3 is 2.54 bits per heavy atom. The third-order valence-corrected chi connectivity index (χ3v) is 7.38. The number of thiophene rings is 1. The zero-order valence-electron chi connectivity index (χ0n) is 19.0. The van der Waals surface area contributed by atoms with Crippen molar-refractivity contribution < 1.29 is 18.0 Å². The molecule has 182 valence electrons. The van der Waals surface area contributed by atoms with E-state index in [9.17, 15) is 18.0 Å². The van der Waals surface area contributed by atoms with Crippen molar-refractivity contribution in [3.05, 3.63) is 76.4 Å². The van der Waals surface area contributed by atoms with Crippen molar-refractivity contribution in [2.75, 3.05) is 18.0 Å². The maximum absolute atomic E-state index is 13.0. The number of hydrogen-bond acceptors (Lipinski definition) is 5. The molecule has 1 N–H and O–H groups in total. The summed E-state index contributed by atoms with van der Waals surface area (Å²) in [6, 6.07) is 14.4. The number of benzene rings is 1. The van der Waals surface area contributed by atoms with Crippen molar-refractivity contribution in [3.63, 3.8) is 0 Å². The summed E-state index contributed by atoms with van der Waals surface area (Å²) in [5.41, 5.74) is 1.28. The molecule has 35 heavy (non-hydrogen) atoms. The first-order valence-electron chi connectivity index (χ1n) is 11.4. The average molecular weight is 500 g/mol. The predicted molar refractivity (Wildman–Crippen MR) is 130 cm³/mol. The molecule has 1 saturated heterocycles. The van der Waals surface area contributed by atoms with Gasteiger partial charge in [0.05, 0.1) is 22.7 Å². The highest BCUT2D eigenvalue weighted by molar-refractivity contribution is 7.20. The van der Waals surface area contributed by atoms with Gasteiger partial charge in [0.2, 0.25) is 0 Å². The van der Waals surface area contributed by atoms with Crippen LogP contribution in [-0.4, -0.2) is 39.8 Å². The van der Waals surface area contributed by atoms with Crippen LogP contribution in [0, 0.1) is 6.92 Å². The van der Waals surface area contributed by atoms with Crippen LogP contribution in [-0.2, 0) is 12.7 Å². The topological polar surface area (TPSA) is 63.1 Å². The molecule has 1 fully saturated rings. The highest BCUT2D eigenvalue weighted by Crippen LogP contribution is 2.31. The summed E-state index contributed by atoms with van der Waals surface area (Å²) in [6.45, 7) is 3.81. The summed E-state index contributed by atoms with van der Waals surface area (Å²) in [7, 11) is 0. The fraction of sp³-hybridized carbons (Fsp3) is 0.320. The molecule has 0 bridgehead atoms. The van der Waals surface area contributed by atoms with Gasteiger partial charge in [-0.3, -0.25) is 9.48 Å². The van der Waals surface area contributed by atoms with E-state index in [1.54, 1.807) is 0 Å². The van der Waals surface area contributed by atoms with E-state index in [1.807, 2.05) is 40.8 Å². The minimum Gasteiger partial charge on any atom is -0.356 e. The highest BCUT2D eigenvalue weighted by atomic mass is 32.1. The van der Waals surface area contributed by atoms with Crippen LogP contribution in [0.1, 0.15) is 39.3 Å². The lowest BCUT2D eigenvalue weighted by Crippen LogP contribution is -2.44. The molecule has 0 atom stereocenters. The second-order valence-electron chi connectivity index (χ2n) is 8.70. The smallest absolute Gasteiger partial charge is 0.356 e. The molecule has 0 aliphatic carbocycles. The van der Waals surface area contributed by atoms with Crippen molar-refractivity contribution >= 4 is 33.3 Å². The lowest BCUT2D eigenvalue weighted by Gasteiger charge is -2.33. The van der Waals surface area contributed by atoms with Gasteiger partial charge in [-0.15, -0.1) is 11.3 Å². The third-order valence-electron chi connectivity index (χ3n) is 6.24. The molecule has 1 amide bonds. The van der Waals surface area contributed by atoms with Crippen molar-refractivity contribution in [2.45, 2.75) is 38.5 Å². The van der Waals surface area contributed by atoms with Crippen LogP contribution in [0.25, 0.3) is 10.2 Å². The first-order valence-corrected chi connectivity index (χ1v) is 12.2. The Morgan fingerprint density at radius 1 is 1.14 bits per heavy atom. The Bertz CT molecular complexity index is 1320. The maximum atomic E-state index is 13.0. The normalized spacial score (nSPS) is 15.0. The van der Waals surface area contributed by atoms with Gasteiger partial charge < -0.3 is 10.2 Å². The van der Waals surface area contributed by atoms with Gasteiger partial charge in [-0.25, -0.2) is 4.98 Å². The number of halogens is 3. The first-order chi connectivity index (χ1) is 16.8. The van der Waals surface area contributed by atoms with Gasteiger partial charge in [-0.2, -0.15) is 18.3 Å². The van der Waals surface area contributed by atoms with E-state index in [-0.39, 0.29) is 11.9 Å². The zero-order chi connectivity index (χ0) is 24.6. The number of fused-ring (bicyclic) bond motifs is 1. The Kier molecular flexibility index (Phi) is 6.22. The fourth-order valence-electron chi connectivity index (χ4n) is 4.34. The fourth-order valence-corrected chi connectivity index (χ4v) is 5.40. The maximum Gasteiger partial charge on any atom is 0.417 e. The summed E-state index contributed by atoms with van der Waals surface area (Å²) in [5, 5.41) is 8.75. The lowest BCUT2D eigenvalue weighted by molar-refractivity contribution is -0.137. The molecular weight excluding hydrogens is 475 g/mol. The second-order valence-corrected chi connectivity index (χ2v) is 9.73. The summed E-state index contributed by atoms with van der Waals surface area (Å²) in [5.74, 6) is 0.411. The lowest BCUT2D eigenvalue weighted by atomic mass is 10.0. The van der Waals surface area contributed by atoms with Crippen molar-refractivity contribution in [2.24, 2.45) is 0 Å². The summed E-state index contributed by atoms with van der Waals surface area (Å²) >= 11 is 1.44. The standard InChI is InChI=1S/C25H24F3N5OS/c1-16-20-13-21(35-24(20)33(31-16)15-17-5-3-2-4-6-17)23(34)30-19-9-11-32(12-10-19)22-8-7-18(14-29-22)25(26,27)28/h2-8,13-14,19H,9-12,15H2,1H3,(H,30,34). The Balaban J connectivity index is 1.21. The molecule has 3 aromatic heterocycles. The summed E-state index contributed by atoms with van der Waals surface area (Å²) in [6.07, 6.45) is -2.14. The number of alkyl halides is 3. The second kappa shape index (κ2) is 9.33. The molecule has 6 nitrogen and oxygen atoms in total. The van der Waals surface area contributed by atoms with Crippen LogP contribution < -0.4 is 10.2 Å². The molecule has 0 radical (unpaired) electrons. The van der Waals surface area contributed by atoms with Crippen LogP contribution in [0.15, 0.2) is 54.7 Å². The number of amides is 1. The Hall–Kier alpha value is -3.40. The number of anilines is 1. The van der Waals surface area contributed by atoms with E-state index in [4.69, 9.17) is 0 Å². The van der Waals surface area contributed by atoms with Crippen LogP contribution in [0.2, 0.25) is 0 Å². The van der Waals surface area contributed by atoms with Gasteiger partial charge in [0.15, 0.2) is 0 Å². The van der Waals surface area contributed by atoms with Crippen molar-refractivity contribution in [1.82, 2.24) is 20.1 Å². The number of piperidine rings is 1. The predicted octanol–water partition coefficient (Wildman–Crippen LogP) is 5.27. The summed E-state index contributed by atoms with van der Waals surface area (Å²) in [4.78, 5) is 20.5. The molecular formula is C25H24F3N5OS. The number of nitrogens with zero attached hydrogens (tertiary/aromatic N) is 4. The highest BCUT2D eigenvalue weighted by Gasteiger charge is 2.31. The number of carbonyl (C=O) groups excluding carboxylic acids is 1. The number of carbonyl (C=O) groups is 1. The van der Waals surface area contributed by atoms with Gasteiger partial charge in [0.25, 0.3) is 5.91 Å². The molecule has 10 heteroatoms. The van der Waals surface area contributed by atoms with Crippen LogP contribution >= 0.6 is 11.3 Å². The Labute approximate surface area is 204 Å². The molecule has 1 aliphatic rings. The molecule has 4 heterocycles. The SMILES string of the molecule is Cc1nn(Cc2ccccc2)c2sc(C(=O)NC3CCN(c4ccc(C(F)(F)F)cn4)CC3)cc12. The van der Waals surface area contributed by atoms with E-state index in [1.165, 1.54) is 17.4 Å². The van der Waals surface area contributed by atoms with Gasteiger partial charge in [0, 0.05) is 30.7 Å². The van der Waals surface area contributed by atoms with Gasteiger partial charge in [-0.1, -0.05) is 30.3 Å². The van der Waals surface area contributed by atoms with E-state index >= 15 is 0 Å². The Morgan fingerprint density at radius 2 is 1.89 bits per heavy atom. The number of aromatic nitrogens is 3. The first kappa shape index (κ1) is 23.3. The van der Waals surface area contributed by atoms with Crippen LogP contribution in [0.4, 0.5) is 19.0 Å². The zero-order valence-corrected chi connectivity index (χ0v) is 19.9. The molecule has 0 saturated carbocycles. The molecule has 0 spiro atoms. The van der Waals surface area contributed by atoms with Crippen molar-refractivity contribution in [3.8, 4) is 0 Å². The number of nitrogens with one attached hydrogen (secondary N) is 1. The third kappa shape index (κ3) is 5.02. The van der Waals surface area contributed by atoms with E-state index in [2.05, 4.69) is 27.5 Å². The van der Waals surface area contributed by atoms with E-state index in [0.717, 1.165) is 33.7 Å². The molecule has 1 aromatic carbocycles. The quantitative estimate of drug-likeness (QED) is 0.407. The van der Waals surface area contributed by atoms with E-state index < -0.39 is 11.7 Å². The molecule has 4 aromatic rings. The van der Waals surface area contributed by atoms with Gasteiger partial charge >= 0.3 is 6.18 Å². The average Bonchev–Trinajstić information content (AvgIpc) is 3.41. The van der Waals surface area contributed by atoms with Crippen LogP contribution in [0.3, 0.4) is 0 Å². The number of hydrogen-bond donors (Lipinski definition) is 1. The van der Waals surface area contributed by atoms with Gasteiger partial charge in [0.1, 0.15) is 10.6 Å². The monoisotopic (exact) mass is 499 g/mol. The van der Waals surface area contributed by atoms with Crippen molar-refractivity contribution in [1.29, 1.82) is 0 Å². The summed E-state index contributed by atoms with van der Waals surface area (Å²) < 4.78 is 40.2. The number of rotatable bonds is 5. The van der Waals surface area contributed by atoms with E-state index in [0.29, 0.717) is 43.2 Å². The minimum atomic E-state index is -4.40. The number of pyridine rings is 1. The van der Waals surface area contributed by atoms with Gasteiger partial charge in [-0.05, 0) is 43.5 Å².